The lowest BCUT2D eigenvalue weighted by molar-refractivity contribution is 0.102. The average Bonchev–Trinajstić information content (AvgIpc) is 3.46. The lowest BCUT2D eigenvalue weighted by Gasteiger charge is -2.13. The predicted octanol–water partition coefficient (Wildman–Crippen LogP) is 2.58. The summed E-state index contributed by atoms with van der Waals surface area (Å²) in [5.74, 6) is 0.415. The molecule has 4 rings (SSSR count). The fraction of sp³-hybridized carbons (Fsp3) is 0.368. The molecule has 158 valence electrons. The van der Waals surface area contributed by atoms with Gasteiger partial charge in [0.2, 0.25) is 5.13 Å². The number of benzene rings is 1. The van der Waals surface area contributed by atoms with Crippen LogP contribution in [-0.2, 0) is 16.3 Å². The molecule has 0 radical (unpaired) electrons. The van der Waals surface area contributed by atoms with Gasteiger partial charge in [0.15, 0.2) is 15.5 Å². The smallest absolute Gasteiger partial charge is 0.278 e. The number of aromatic nitrogens is 4. The van der Waals surface area contributed by atoms with Crippen LogP contribution in [0.25, 0.3) is 11.3 Å². The summed E-state index contributed by atoms with van der Waals surface area (Å²) in [5, 5.41) is 16.4. The van der Waals surface area contributed by atoms with Crippen LogP contribution in [0.3, 0.4) is 0 Å². The molecule has 0 spiro atoms. The highest BCUT2D eigenvalue weighted by Crippen LogP contribution is 2.31. The Morgan fingerprint density at radius 3 is 2.67 bits per heavy atom. The Hall–Kier alpha value is -2.79. The van der Waals surface area contributed by atoms with Crippen LogP contribution in [0.5, 0.6) is 5.75 Å². The maximum Gasteiger partial charge on any atom is 0.278 e. The van der Waals surface area contributed by atoms with Gasteiger partial charge in [0.05, 0.1) is 30.4 Å². The van der Waals surface area contributed by atoms with Gasteiger partial charge >= 0.3 is 0 Å². The molecular formula is C19H21N5O4S2. The third-order valence-electron chi connectivity index (χ3n) is 4.90. The Labute approximate surface area is 178 Å². The minimum absolute atomic E-state index is 0.00908. The summed E-state index contributed by atoms with van der Waals surface area (Å²) in [6.07, 6.45) is 1.20. The Morgan fingerprint density at radius 1 is 1.30 bits per heavy atom. The first-order valence-corrected chi connectivity index (χ1v) is 12.1. The summed E-state index contributed by atoms with van der Waals surface area (Å²) >= 11 is 1.31. The van der Waals surface area contributed by atoms with Crippen molar-refractivity contribution >= 4 is 32.2 Å². The molecule has 1 aliphatic rings. The van der Waals surface area contributed by atoms with E-state index in [4.69, 9.17) is 4.74 Å². The van der Waals surface area contributed by atoms with E-state index in [-0.39, 0.29) is 23.2 Å². The molecule has 1 fully saturated rings. The van der Waals surface area contributed by atoms with Crippen LogP contribution in [0.4, 0.5) is 5.13 Å². The SMILES string of the molecule is CCc1nnc(NC(=O)c2cc(-c3ccc(OC)cc3)n([C@@H]3CCS(=O)(=O)C3)n2)s1. The zero-order valence-electron chi connectivity index (χ0n) is 16.5. The van der Waals surface area contributed by atoms with Gasteiger partial charge in [0, 0.05) is 5.56 Å². The fourth-order valence-corrected chi connectivity index (χ4v) is 5.70. The van der Waals surface area contributed by atoms with Crippen molar-refractivity contribution in [3.05, 3.63) is 41.0 Å². The van der Waals surface area contributed by atoms with E-state index in [2.05, 4.69) is 20.6 Å². The van der Waals surface area contributed by atoms with E-state index in [1.165, 1.54) is 11.3 Å². The lowest BCUT2D eigenvalue weighted by Crippen LogP contribution is -2.16. The first kappa shape index (κ1) is 20.5. The van der Waals surface area contributed by atoms with E-state index in [1.807, 2.05) is 31.2 Å². The number of sulfone groups is 1. The van der Waals surface area contributed by atoms with Crippen LogP contribution in [-0.4, -0.2) is 52.9 Å². The molecule has 0 saturated carbocycles. The van der Waals surface area contributed by atoms with E-state index < -0.39 is 15.7 Å². The zero-order chi connectivity index (χ0) is 21.3. The number of rotatable bonds is 6. The Bertz CT molecular complexity index is 1170. The highest BCUT2D eigenvalue weighted by atomic mass is 32.2. The molecule has 1 N–H and O–H groups in total. The molecule has 3 heterocycles. The van der Waals surface area contributed by atoms with Gasteiger partial charge in [-0.2, -0.15) is 5.10 Å². The molecule has 1 atom stereocenters. The van der Waals surface area contributed by atoms with E-state index in [1.54, 1.807) is 17.9 Å². The molecule has 1 aliphatic heterocycles. The number of hydrogen-bond donors (Lipinski definition) is 1. The van der Waals surface area contributed by atoms with Crippen LogP contribution in [0.2, 0.25) is 0 Å². The third-order valence-corrected chi connectivity index (χ3v) is 7.63. The molecule has 30 heavy (non-hydrogen) atoms. The molecule has 0 unspecified atom stereocenters. The van der Waals surface area contributed by atoms with E-state index in [0.29, 0.717) is 23.0 Å². The minimum Gasteiger partial charge on any atom is -0.497 e. The monoisotopic (exact) mass is 447 g/mol. The van der Waals surface area contributed by atoms with Gasteiger partial charge in [0.1, 0.15) is 10.8 Å². The Kier molecular flexibility index (Phi) is 5.56. The maximum absolute atomic E-state index is 12.8. The summed E-state index contributed by atoms with van der Waals surface area (Å²) in [7, 11) is -1.53. The number of aryl methyl sites for hydroxylation is 1. The van der Waals surface area contributed by atoms with Crippen molar-refractivity contribution < 1.29 is 17.9 Å². The Morgan fingerprint density at radius 2 is 2.07 bits per heavy atom. The molecule has 1 saturated heterocycles. The second-order valence-electron chi connectivity index (χ2n) is 6.95. The summed E-state index contributed by atoms with van der Waals surface area (Å²) < 4.78 is 30.9. The molecular weight excluding hydrogens is 426 g/mol. The topological polar surface area (TPSA) is 116 Å². The number of nitrogens with zero attached hydrogens (tertiary/aromatic N) is 4. The second-order valence-corrected chi connectivity index (χ2v) is 10.2. The van der Waals surface area contributed by atoms with Crippen LogP contribution < -0.4 is 10.1 Å². The molecule has 0 aliphatic carbocycles. The quantitative estimate of drug-likeness (QED) is 0.617. The standard InChI is InChI=1S/C19H21N5O4S2/c1-3-17-21-22-19(29-17)20-18(25)15-10-16(12-4-6-14(28-2)7-5-12)24(23-15)13-8-9-30(26,27)11-13/h4-7,10,13H,3,8-9,11H2,1-2H3,(H,20,22,25)/t13-/m1/s1. The van der Waals surface area contributed by atoms with E-state index in [9.17, 15) is 13.2 Å². The predicted molar refractivity (Wildman–Crippen MR) is 114 cm³/mol. The largest absolute Gasteiger partial charge is 0.497 e. The fourth-order valence-electron chi connectivity index (χ4n) is 3.34. The van der Waals surface area contributed by atoms with Gasteiger partial charge in [0.25, 0.3) is 5.91 Å². The van der Waals surface area contributed by atoms with Gasteiger partial charge in [-0.1, -0.05) is 18.3 Å². The molecule has 1 aromatic carbocycles. The summed E-state index contributed by atoms with van der Waals surface area (Å²) in [4.78, 5) is 12.8. The van der Waals surface area contributed by atoms with Crippen molar-refractivity contribution in [3.63, 3.8) is 0 Å². The highest BCUT2D eigenvalue weighted by molar-refractivity contribution is 7.91. The zero-order valence-corrected chi connectivity index (χ0v) is 18.2. The first-order chi connectivity index (χ1) is 14.4. The van der Waals surface area contributed by atoms with Crippen LogP contribution in [0.1, 0.15) is 34.9 Å². The molecule has 1 amide bonds. The van der Waals surface area contributed by atoms with E-state index in [0.717, 1.165) is 17.0 Å². The number of nitrogens with one attached hydrogen (secondary N) is 1. The normalized spacial score (nSPS) is 17.7. The molecule has 9 nitrogen and oxygen atoms in total. The van der Waals surface area contributed by atoms with Crippen molar-refractivity contribution in [2.24, 2.45) is 0 Å². The first-order valence-electron chi connectivity index (χ1n) is 9.46. The summed E-state index contributed by atoms with van der Waals surface area (Å²) in [5.41, 5.74) is 1.69. The van der Waals surface area contributed by atoms with Gasteiger partial charge in [-0.15, -0.1) is 10.2 Å². The van der Waals surface area contributed by atoms with Crippen molar-refractivity contribution in [1.29, 1.82) is 0 Å². The number of amides is 1. The summed E-state index contributed by atoms with van der Waals surface area (Å²) in [6, 6.07) is 8.69. The van der Waals surface area contributed by atoms with Crippen LogP contribution in [0.15, 0.2) is 30.3 Å². The van der Waals surface area contributed by atoms with Crippen LogP contribution >= 0.6 is 11.3 Å². The number of hydrogen-bond acceptors (Lipinski definition) is 8. The molecule has 3 aromatic rings. The van der Waals surface area contributed by atoms with Crippen molar-refractivity contribution in [2.75, 3.05) is 23.9 Å². The highest BCUT2D eigenvalue weighted by Gasteiger charge is 2.32. The van der Waals surface area contributed by atoms with Crippen LogP contribution in [0, 0.1) is 0 Å². The third kappa shape index (κ3) is 4.21. The second kappa shape index (κ2) is 8.15. The number of anilines is 1. The number of carbonyl (C=O) groups excluding carboxylic acids is 1. The van der Waals surface area contributed by atoms with Gasteiger partial charge in [-0.05, 0) is 43.2 Å². The van der Waals surface area contributed by atoms with Gasteiger partial charge < -0.3 is 4.74 Å². The summed E-state index contributed by atoms with van der Waals surface area (Å²) in [6.45, 7) is 1.96. The maximum atomic E-state index is 12.8. The molecule has 2 aromatic heterocycles. The Balaban J connectivity index is 1.68. The number of carbonyl (C=O) groups is 1. The minimum atomic E-state index is -3.11. The van der Waals surface area contributed by atoms with E-state index >= 15 is 0 Å². The van der Waals surface area contributed by atoms with Gasteiger partial charge in [-0.25, -0.2) is 8.42 Å². The molecule has 11 heteroatoms. The molecule has 0 bridgehead atoms. The average molecular weight is 448 g/mol. The number of methoxy groups -OCH3 is 1. The van der Waals surface area contributed by atoms with Crippen molar-refractivity contribution in [2.45, 2.75) is 25.8 Å². The lowest BCUT2D eigenvalue weighted by atomic mass is 10.1. The van der Waals surface area contributed by atoms with Gasteiger partial charge in [-0.3, -0.25) is 14.8 Å². The number of ether oxygens (including phenoxy) is 1. The van der Waals surface area contributed by atoms with Crippen molar-refractivity contribution in [3.8, 4) is 17.0 Å². The van der Waals surface area contributed by atoms with Crippen molar-refractivity contribution in [1.82, 2.24) is 20.0 Å².